The molecular weight excluding hydrogens is 198 g/mol. The molecule has 1 N–H and O–H groups in total. The Labute approximate surface area is 85.3 Å². The zero-order chi connectivity index (χ0) is 10.8. The van der Waals surface area contributed by atoms with Gasteiger partial charge >= 0.3 is 12.0 Å². The fourth-order valence-electron chi connectivity index (χ4n) is 1.20. The maximum absolute atomic E-state index is 10.2. The number of rotatable bonds is 3. The Morgan fingerprint density at radius 3 is 3.13 bits per heavy atom. The summed E-state index contributed by atoms with van der Waals surface area (Å²) < 4.78 is 10.0. The van der Waals surface area contributed by atoms with E-state index < -0.39 is 12.6 Å². The number of oxazole rings is 1. The molecule has 5 nitrogen and oxygen atoms in total. The lowest BCUT2D eigenvalue weighted by Gasteiger charge is -1.93. The van der Waals surface area contributed by atoms with E-state index in [4.69, 9.17) is 14.3 Å². The van der Waals surface area contributed by atoms with Crippen LogP contribution in [0.1, 0.15) is 5.56 Å². The third-order valence-corrected chi connectivity index (χ3v) is 1.84. The Morgan fingerprint density at radius 1 is 1.60 bits per heavy atom. The van der Waals surface area contributed by atoms with Crippen LogP contribution in [0, 0.1) is 6.92 Å². The topological polar surface area (TPSA) is 72.6 Å². The molecule has 1 aromatic carbocycles. The van der Waals surface area contributed by atoms with Gasteiger partial charge in [0.15, 0.2) is 12.2 Å². The fourth-order valence-corrected chi connectivity index (χ4v) is 1.20. The van der Waals surface area contributed by atoms with E-state index in [2.05, 4.69) is 4.98 Å². The van der Waals surface area contributed by atoms with Crippen LogP contribution in [0.4, 0.5) is 0 Å². The van der Waals surface area contributed by atoms with Crippen molar-refractivity contribution in [1.29, 1.82) is 0 Å². The summed E-state index contributed by atoms with van der Waals surface area (Å²) in [7, 11) is 0. The van der Waals surface area contributed by atoms with Crippen molar-refractivity contribution in [3.63, 3.8) is 0 Å². The van der Waals surface area contributed by atoms with E-state index in [0.29, 0.717) is 11.1 Å². The van der Waals surface area contributed by atoms with Crippen molar-refractivity contribution in [3.05, 3.63) is 23.8 Å². The molecule has 0 saturated heterocycles. The number of benzene rings is 1. The van der Waals surface area contributed by atoms with Crippen LogP contribution in [0.3, 0.4) is 0 Å². The zero-order valence-corrected chi connectivity index (χ0v) is 8.06. The lowest BCUT2D eigenvalue weighted by atomic mass is 10.2. The smallest absolute Gasteiger partial charge is 0.395 e. The van der Waals surface area contributed by atoms with Crippen molar-refractivity contribution in [3.8, 4) is 6.08 Å². The molecule has 0 spiro atoms. The first-order valence-corrected chi connectivity index (χ1v) is 4.37. The minimum atomic E-state index is -1.06. The lowest BCUT2D eigenvalue weighted by Crippen LogP contribution is -2.09. The standard InChI is InChI=1S/C10H9NO4/c1-6-2-3-7-8(4-6)15-10(11-7)14-5-9(12)13/h2-4H,5H2,1H3,(H,12,13). The molecule has 2 aromatic rings. The number of carbonyl (C=O) groups is 1. The van der Waals surface area contributed by atoms with Gasteiger partial charge in [-0.05, 0) is 24.6 Å². The van der Waals surface area contributed by atoms with Gasteiger partial charge in [-0.15, -0.1) is 0 Å². The first kappa shape index (κ1) is 9.51. The average molecular weight is 207 g/mol. The molecule has 2 rings (SSSR count). The summed E-state index contributed by atoms with van der Waals surface area (Å²) in [5.41, 5.74) is 2.29. The van der Waals surface area contributed by atoms with E-state index in [1.807, 2.05) is 19.1 Å². The summed E-state index contributed by atoms with van der Waals surface area (Å²) in [4.78, 5) is 14.2. The highest BCUT2D eigenvalue weighted by atomic mass is 16.6. The van der Waals surface area contributed by atoms with E-state index in [-0.39, 0.29) is 6.08 Å². The average Bonchev–Trinajstić information content (AvgIpc) is 2.56. The second-order valence-electron chi connectivity index (χ2n) is 3.13. The highest BCUT2D eigenvalue weighted by molar-refractivity contribution is 5.74. The minimum absolute atomic E-state index is 0.0157. The van der Waals surface area contributed by atoms with Gasteiger partial charge in [0.1, 0.15) is 5.52 Å². The summed E-state index contributed by atoms with van der Waals surface area (Å²) in [6.07, 6.45) is -0.0157. The summed E-state index contributed by atoms with van der Waals surface area (Å²) in [5.74, 6) is -1.06. The van der Waals surface area contributed by atoms with Crippen molar-refractivity contribution in [2.45, 2.75) is 6.92 Å². The Hall–Kier alpha value is -2.04. The molecule has 0 bridgehead atoms. The molecule has 15 heavy (non-hydrogen) atoms. The monoisotopic (exact) mass is 207 g/mol. The highest BCUT2D eigenvalue weighted by Crippen LogP contribution is 2.21. The number of nitrogens with zero attached hydrogens (tertiary/aromatic N) is 1. The van der Waals surface area contributed by atoms with Crippen molar-refractivity contribution in [1.82, 2.24) is 4.98 Å². The molecule has 1 aromatic heterocycles. The van der Waals surface area contributed by atoms with E-state index in [1.165, 1.54) is 0 Å². The van der Waals surface area contributed by atoms with E-state index in [1.54, 1.807) is 6.07 Å². The van der Waals surface area contributed by atoms with Gasteiger partial charge < -0.3 is 14.3 Å². The number of fused-ring (bicyclic) bond motifs is 1. The summed E-state index contributed by atoms with van der Waals surface area (Å²) >= 11 is 0. The van der Waals surface area contributed by atoms with Crippen molar-refractivity contribution in [2.75, 3.05) is 6.61 Å². The molecule has 0 unspecified atom stereocenters. The van der Waals surface area contributed by atoms with E-state index in [0.717, 1.165) is 5.56 Å². The first-order chi connectivity index (χ1) is 7.15. The summed E-state index contributed by atoms with van der Waals surface area (Å²) in [5, 5.41) is 8.40. The van der Waals surface area contributed by atoms with Crippen LogP contribution in [0.15, 0.2) is 22.6 Å². The molecule has 0 atom stereocenters. The predicted octanol–water partition coefficient (Wildman–Crippen LogP) is 1.60. The Kier molecular flexibility index (Phi) is 2.29. The fraction of sp³-hybridized carbons (Fsp3) is 0.200. The highest BCUT2D eigenvalue weighted by Gasteiger charge is 2.08. The van der Waals surface area contributed by atoms with Gasteiger partial charge in [0.05, 0.1) is 0 Å². The van der Waals surface area contributed by atoms with Gasteiger partial charge in [0.2, 0.25) is 0 Å². The van der Waals surface area contributed by atoms with E-state index >= 15 is 0 Å². The quantitative estimate of drug-likeness (QED) is 0.827. The maximum Gasteiger partial charge on any atom is 0.395 e. The number of aromatic nitrogens is 1. The van der Waals surface area contributed by atoms with E-state index in [9.17, 15) is 4.79 Å². The van der Waals surface area contributed by atoms with Gasteiger partial charge in [0.25, 0.3) is 0 Å². The van der Waals surface area contributed by atoms with Crippen LogP contribution in [-0.2, 0) is 4.79 Å². The molecule has 0 aliphatic rings. The van der Waals surface area contributed by atoms with Gasteiger partial charge in [-0.3, -0.25) is 0 Å². The Bertz CT molecular complexity index is 503. The van der Waals surface area contributed by atoms with Gasteiger partial charge in [-0.25, -0.2) is 4.79 Å². The number of carboxylic acid groups (broad SMARTS) is 1. The molecule has 0 amide bonds. The number of aliphatic carboxylic acids is 1. The lowest BCUT2D eigenvalue weighted by molar-refractivity contribution is -0.139. The second-order valence-corrected chi connectivity index (χ2v) is 3.13. The molecule has 1 heterocycles. The largest absolute Gasteiger partial charge is 0.479 e. The maximum atomic E-state index is 10.2. The Balaban J connectivity index is 2.27. The number of ether oxygens (including phenoxy) is 1. The van der Waals surface area contributed by atoms with Crippen LogP contribution in [-0.4, -0.2) is 22.7 Å². The predicted molar refractivity (Wildman–Crippen MR) is 51.9 cm³/mol. The summed E-state index contributed by atoms with van der Waals surface area (Å²) in [6, 6.07) is 5.50. The molecule has 0 fully saturated rings. The molecule has 0 aliphatic heterocycles. The van der Waals surface area contributed by atoms with Crippen molar-refractivity contribution >= 4 is 17.1 Å². The van der Waals surface area contributed by atoms with Crippen molar-refractivity contribution in [2.24, 2.45) is 0 Å². The third kappa shape index (κ3) is 2.07. The number of aryl methyl sites for hydroxylation is 1. The molecule has 78 valence electrons. The van der Waals surface area contributed by atoms with Gasteiger partial charge in [-0.2, -0.15) is 4.98 Å². The van der Waals surface area contributed by atoms with Crippen LogP contribution in [0.25, 0.3) is 11.1 Å². The third-order valence-electron chi connectivity index (χ3n) is 1.84. The SMILES string of the molecule is Cc1ccc2nc(OCC(=O)O)oc2c1. The zero-order valence-electron chi connectivity index (χ0n) is 8.06. The van der Waals surface area contributed by atoms with Crippen LogP contribution >= 0.6 is 0 Å². The van der Waals surface area contributed by atoms with Crippen LogP contribution in [0.5, 0.6) is 6.08 Å². The number of carboxylic acids is 1. The van der Waals surface area contributed by atoms with Crippen molar-refractivity contribution < 1.29 is 19.1 Å². The first-order valence-electron chi connectivity index (χ1n) is 4.37. The molecular formula is C10H9NO4. The summed E-state index contributed by atoms with van der Waals surface area (Å²) in [6.45, 7) is 1.48. The second kappa shape index (κ2) is 3.61. The molecule has 5 heteroatoms. The minimum Gasteiger partial charge on any atom is -0.479 e. The molecule has 0 radical (unpaired) electrons. The van der Waals surface area contributed by atoms with Crippen LogP contribution in [0.2, 0.25) is 0 Å². The molecule has 0 aliphatic carbocycles. The number of hydrogen-bond acceptors (Lipinski definition) is 4. The van der Waals surface area contributed by atoms with Crippen LogP contribution < -0.4 is 4.74 Å². The number of hydrogen-bond donors (Lipinski definition) is 1. The van der Waals surface area contributed by atoms with Gasteiger partial charge in [0, 0.05) is 0 Å². The normalized spacial score (nSPS) is 10.5. The van der Waals surface area contributed by atoms with Gasteiger partial charge in [-0.1, -0.05) is 6.07 Å². The Morgan fingerprint density at radius 2 is 2.40 bits per heavy atom. The molecule has 0 saturated carbocycles.